The molecule has 5 heteroatoms. The van der Waals surface area contributed by atoms with E-state index in [4.69, 9.17) is 5.73 Å². The van der Waals surface area contributed by atoms with Gasteiger partial charge in [-0.1, -0.05) is 13.3 Å². The first-order chi connectivity index (χ1) is 9.38. The molecular formula is C15H23N3O2. The van der Waals surface area contributed by atoms with Crippen LogP contribution in [0.25, 0.3) is 0 Å². The molecule has 1 aromatic heterocycles. The molecular weight excluding hydrogens is 254 g/mol. The number of aromatic nitrogens is 1. The third kappa shape index (κ3) is 2.68. The van der Waals surface area contributed by atoms with Gasteiger partial charge in [0.25, 0.3) is 5.69 Å². The van der Waals surface area contributed by atoms with Gasteiger partial charge in [0.2, 0.25) is 0 Å². The van der Waals surface area contributed by atoms with Crippen LogP contribution < -0.4 is 5.73 Å². The SMILES string of the molecule is Cc1cnc(CC2(CN)CCC(C)C2)c(C)c1[N+](=O)[O-]. The van der Waals surface area contributed by atoms with E-state index in [-0.39, 0.29) is 16.0 Å². The second-order valence-corrected chi connectivity index (χ2v) is 6.35. The molecule has 5 nitrogen and oxygen atoms in total. The molecule has 110 valence electrons. The van der Waals surface area contributed by atoms with Gasteiger partial charge >= 0.3 is 0 Å². The maximum Gasteiger partial charge on any atom is 0.278 e. The van der Waals surface area contributed by atoms with Crippen molar-refractivity contribution in [1.82, 2.24) is 4.98 Å². The van der Waals surface area contributed by atoms with Crippen LogP contribution in [-0.4, -0.2) is 16.5 Å². The van der Waals surface area contributed by atoms with Gasteiger partial charge < -0.3 is 5.73 Å². The molecule has 1 aliphatic rings. The molecule has 2 atom stereocenters. The van der Waals surface area contributed by atoms with Crippen LogP contribution in [0.15, 0.2) is 6.20 Å². The summed E-state index contributed by atoms with van der Waals surface area (Å²) in [4.78, 5) is 15.3. The van der Waals surface area contributed by atoms with Crippen LogP contribution in [0.1, 0.15) is 43.0 Å². The van der Waals surface area contributed by atoms with Crippen LogP contribution in [0.5, 0.6) is 0 Å². The summed E-state index contributed by atoms with van der Waals surface area (Å²) in [5.74, 6) is 0.680. The molecule has 0 spiro atoms. The highest BCUT2D eigenvalue weighted by molar-refractivity contribution is 5.47. The highest BCUT2D eigenvalue weighted by atomic mass is 16.6. The number of hydrogen-bond donors (Lipinski definition) is 1. The van der Waals surface area contributed by atoms with Crippen molar-refractivity contribution in [3.8, 4) is 0 Å². The lowest BCUT2D eigenvalue weighted by atomic mass is 9.80. The molecule has 20 heavy (non-hydrogen) atoms. The Balaban J connectivity index is 2.34. The smallest absolute Gasteiger partial charge is 0.278 e. The number of pyridine rings is 1. The zero-order valence-electron chi connectivity index (χ0n) is 12.5. The normalized spacial score (nSPS) is 25.9. The van der Waals surface area contributed by atoms with Crippen LogP contribution >= 0.6 is 0 Å². The van der Waals surface area contributed by atoms with E-state index in [2.05, 4.69) is 11.9 Å². The Kier molecular flexibility index (Phi) is 4.09. The molecule has 1 fully saturated rings. The minimum atomic E-state index is -0.303. The van der Waals surface area contributed by atoms with Gasteiger partial charge in [0.1, 0.15) is 0 Å². The molecule has 1 heterocycles. The minimum absolute atomic E-state index is 0.0697. The predicted octanol–water partition coefficient (Wildman–Crippen LogP) is 2.91. The van der Waals surface area contributed by atoms with Gasteiger partial charge in [-0.25, -0.2) is 0 Å². The van der Waals surface area contributed by atoms with Crippen molar-refractivity contribution < 1.29 is 4.92 Å². The standard InChI is InChI=1S/C15H23N3O2/c1-10-4-5-15(6-10,9-16)7-13-12(3)14(18(19)20)11(2)8-17-13/h8,10H,4-7,9,16H2,1-3H3. The Hall–Kier alpha value is -1.49. The second kappa shape index (κ2) is 5.48. The Labute approximate surface area is 119 Å². The first-order valence-corrected chi connectivity index (χ1v) is 7.18. The highest BCUT2D eigenvalue weighted by Crippen LogP contribution is 2.44. The summed E-state index contributed by atoms with van der Waals surface area (Å²) in [5, 5.41) is 11.2. The Morgan fingerprint density at radius 2 is 2.25 bits per heavy atom. The molecule has 1 saturated carbocycles. The molecule has 2 unspecified atom stereocenters. The van der Waals surface area contributed by atoms with E-state index >= 15 is 0 Å². The van der Waals surface area contributed by atoms with Gasteiger partial charge in [-0.2, -0.15) is 0 Å². The average molecular weight is 277 g/mol. The molecule has 0 amide bonds. The number of aryl methyl sites for hydroxylation is 1. The van der Waals surface area contributed by atoms with E-state index in [1.807, 2.05) is 0 Å². The summed E-state index contributed by atoms with van der Waals surface area (Å²) in [7, 11) is 0. The van der Waals surface area contributed by atoms with E-state index in [1.54, 1.807) is 20.0 Å². The molecule has 0 bridgehead atoms. The summed E-state index contributed by atoms with van der Waals surface area (Å²) in [5.41, 5.74) is 8.42. The van der Waals surface area contributed by atoms with E-state index in [1.165, 1.54) is 6.42 Å². The van der Waals surface area contributed by atoms with E-state index in [9.17, 15) is 10.1 Å². The second-order valence-electron chi connectivity index (χ2n) is 6.35. The first-order valence-electron chi connectivity index (χ1n) is 7.18. The molecule has 2 N–H and O–H groups in total. The lowest BCUT2D eigenvalue weighted by molar-refractivity contribution is -0.386. The van der Waals surface area contributed by atoms with Crippen molar-refractivity contribution in [1.29, 1.82) is 0 Å². The van der Waals surface area contributed by atoms with Crippen LogP contribution in [0.3, 0.4) is 0 Å². The lowest BCUT2D eigenvalue weighted by Gasteiger charge is -2.28. The van der Waals surface area contributed by atoms with Crippen molar-refractivity contribution in [3.05, 3.63) is 33.1 Å². The molecule has 2 rings (SSSR count). The fraction of sp³-hybridized carbons (Fsp3) is 0.667. The number of nitrogens with two attached hydrogens (primary N) is 1. The maximum atomic E-state index is 11.2. The molecule has 0 aromatic carbocycles. The first kappa shape index (κ1) is 14.9. The predicted molar refractivity (Wildman–Crippen MR) is 78.6 cm³/mol. The monoisotopic (exact) mass is 277 g/mol. The third-order valence-electron chi connectivity index (χ3n) is 4.68. The Morgan fingerprint density at radius 1 is 1.55 bits per heavy atom. The summed E-state index contributed by atoms with van der Waals surface area (Å²) < 4.78 is 0. The summed E-state index contributed by atoms with van der Waals surface area (Å²) in [6.45, 7) is 6.41. The third-order valence-corrected chi connectivity index (χ3v) is 4.68. The van der Waals surface area contributed by atoms with Crippen molar-refractivity contribution in [2.75, 3.05) is 6.54 Å². The average Bonchev–Trinajstić information content (AvgIpc) is 2.75. The fourth-order valence-corrected chi connectivity index (χ4v) is 3.49. The van der Waals surface area contributed by atoms with Gasteiger partial charge in [0.05, 0.1) is 10.6 Å². The Morgan fingerprint density at radius 3 is 2.75 bits per heavy atom. The maximum absolute atomic E-state index is 11.2. The quantitative estimate of drug-likeness (QED) is 0.677. The van der Waals surface area contributed by atoms with E-state index in [0.29, 0.717) is 23.6 Å². The van der Waals surface area contributed by atoms with Crippen molar-refractivity contribution >= 4 is 5.69 Å². The van der Waals surface area contributed by atoms with Crippen LogP contribution in [0.2, 0.25) is 0 Å². The zero-order chi connectivity index (χ0) is 14.9. The van der Waals surface area contributed by atoms with Gasteiger partial charge in [0.15, 0.2) is 0 Å². The summed E-state index contributed by atoms with van der Waals surface area (Å²) in [6, 6.07) is 0. The van der Waals surface area contributed by atoms with Gasteiger partial charge in [-0.3, -0.25) is 15.1 Å². The van der Waals surface area contributed by atoms with Crippen molar-refractivity contribution in [3.63, 3.8) is 0 Å². The molecule has 1 aromatic rings. The van der Waals surface area contributed by atoms with Gasteiger partial charge in [-0.15, -0.1) is 0 Å². The molecule has 0 saturated heterocycles. The Bertz CT molecular complexity index is 530. The number of nitro groups is 1. The highest BCUT2D eigenvalue weighted by Gasteiger charge is 2.37. The van der Waals surface area contributed by atoms with Gasteiger partial charge in [-0.05, 0) is 51.0 Å². The molecule has 0 aliphatic heterocycles. The number of hydrogen-bond acceptors (Lipinski definition) is 4. The van der Waals surface area contributed by atoms with Crippen molar-refractivity contribution in [2.24, 2.45) is 17.1 Å². The summed E-state index contributed by atoms with van der Waals surface area (Å²) >= 11 is 0. The minimum Gasteiger partial charge on any atom is -0.330 e. The number of rotatable bonds is 4. The topological polar surface area (TPSA) is 82.0 Å². The van der Waals surface area contributed by atoms with Crippen LogP contribution in [0, 0.1) is 35.3 Å². The molecule has 1 aliphatic carbocycles. The summed E-state index contributed by atoms with van der Waals surface area (Å²) in [6.07, 6.45) is 5.73. The van der Waals surface area contributed by atoms with Crippen molar-refractivity contribution in [2.45, 2.75) is 46.5 Å². The van der Waals surface area contributed by atoms with E-state index in [0.717, 1.165) is 25.0 Å². The zero-order valence-corrected chi connectivity index (χ0v) is 12.5. The lowest BCUT2D eigenvalue weighted by Crippen LogP contribution is -2.31. The van der Waals surface area contributed by atoms with Gasteiger partial charge in [0, 0.05) is 17.3 Å². The van der Waals surface area contributed by atoms with Crippen LogP contribution in [0.4, 0.5) is 5.69 Å². The van der Waals surface area contributed by atoms with Crippen LogP contribution in [-0.2, 0) is 6.42 Å². The number of nitrogens with zero attached hydrogens (tertiary/aromatic N) is 2. The molecule has 0 radical (unpaired) electrons. The fourth-order valence-electron chi connectivity index (χ4n) is 3.49. The van der Waals surface area contributed by atoms with E-state index < -0.39 is 0 Å². The largest absolute Gasteiger partial charge is 0.330 e.